The molecule has 1 aliphatic rings. The fourth-order valence-electron chi connectivity index (χ4n) is 2.72. The highest BCUT2D eigenvalue weighted by molar-refractivity contribution is 6.32. The predicted octanol–water partition coefficient (Wildman–Crippen LogP) is 4.06. The van der Waals surface area contributed by atoms with E-state index in [2.05, 4.69) is 10.5 Å². The first kappa shape index (κ1) is 20.8. The summed E-state index contributed by atoms with van der Waals surface area (Å²) in [6.07, 6.45) is 2.27. The number of nitrogens with one attached hydrogen (secondary N) is 1. The van der Waals surface area contributed by atoms with Crippen LogP contribution in [0.15, 0.2) is 35.4 Å². The summed E-state index contributed by atoms with van der Waals surface area (Å²) in [4.78, 5) is 12.4. The van der Waals surface area contributed by atoms with Crippen LogP contribution in [0.3, 0.4) is 0 Å². The number of hydrogen-bond acceptors (Lipinski definition) is 6. The van der Waals surface area contributed by atoms with Crippen LogP contribution in [-0.2, 0) is 0 Å². The summed E-state index contributed by atoms with van der Waals surface area (Å²) < 4.78 is 22.2. The molecule has 0 bridgehead atoms. The predicted molar refractivity (Wildman–Crippen MR) is 111 cm³/mol. The van der Waals surface area contributed by atoms with Gasteiger partial charge in [-0.1, -0.05) is 11.6 Å². The molecule has 1 heterocycles. The smallest absolute Gasteiger partial charge is 0.271 e. The number of amides is 1. The largest absolute Gasteiger partial charge is 0.493 e. The molecule has 0 saturated carbocycles. The first-order valence-electron chi connectivity index (χ1n) is 9.25. The number of nitrogens with zero attached hydrogens (tertiary/aromatic N) is 1. The van der Waals surface area contributed by atoms with Crippen LogP contribution in [0.1, 0.15) is 36.2 Å². The molecular formula is C21H23ClN2O5. The topological polar surface area (TPSA) is 78.4 Å². The molecule has 1 aliphatic heterocycles. The van der Waals surface area contributed by atoms with Crippen molar-refractivity contribution in [1.29, 1.82) is 0 Å². The summed E-state index contributed by atoms with van der Waals surface area (Å²) in [5.74, 6) is 1.76. The molecule has 0 radical (unpaired) electrons. The Balaban J connectivity index is 1.70. The summed E-state index contributed by atoms with van der Waals surface area (Å²) in [7, 11) is 1.52. The molecule has 29 heavy (non-hydrogen) atoms. The molecule has 0 aliphatic carbocycles. The molecule has 0 saturated heterocycles. The molecule has 2 aromatic carbocycles. The van der Waals surface area contributed by atoms with Gasteiger partial charge in [-0.25, -0.2) is 5.43 Å². The van der Waals surface area contributed by atoms with Crippen LogP contribution in [0.4, 0.5) is 0 Å². The van der Waals surface area contributed by atoms with E-state index < -0.39 is 0 Å². The fraction of sp³-hybridized carbons (Fsp3) is 0.333. The van der Waals surface area contributed by atoms with E-state index in [9.17, 15) is 4.79 Å². The van der Waals surface area contributed by atoms with Crippen LogP contribution in [0.5, 0.6) is 23.0 Å². The minimum Gasteiger partial charge on any atom is -0.493 e. The minimum absolute atomic E-state index is 0.00436. The van der Waals surface area contributed by atoms with Crippen LogP contribution >= 0.6 is 11.6 Å². The monoisotopic (exact) mass is 418 g/mol. The van der Waals surface area contributed by atoms with Gasteiger partial charge in [0, 0.05) is 12.0 Å². The van der Waals surface area contributed by atoms with Gasteiger partial charge >= 0.3 is 0 Å². The third kappa shape index (κ3) is 5.32. The highest BCUT2D eigenvalue weighted by atomic mass is 35.5. The molecule has 0 spiro atoms. The van der Waals surface area contributed by atoms with Crippen molar-refractivity contribution < 1.29 is 23.7 Å². The average Bonchev–Trinajstić information content (AvgIpc) is 2.93. The molecule has 0 atom stereocenters. The Kier molecular flexibility index (Phi) is 6.82. The lowest BCUT2D eigenvalue weighted by Crippen LogP contribution is -2.18. The number of fused-ring (bicyclic) bond motifs is 1. The lowest BCUT2D eigenvalue weighted by molar-refractivity contribution is 0.0954. The number of ether oxygens (including phenoxy) is 4. The number of carbonyl (C=O) groups excluding carboxylic acids is 1. The van der Waals surface area contributed by atoms with Gasteiger partial charge in [-0.05, 0) is 49.7 Å². The lowest BCUT2D eigenvalue weighted by Gasteiger charge is -2.14. The van der Waals surface area contributed by atoms with E-state index in [1.165, 1.54) is 13.3 Å². The zero-order valence-electron chi connectivity index (χ0n) is 16.5. The molecule has 0 unspecified atom stereocenters. The van der Waals surface area contributed by atoms with Crippen molar-refractivity contribution in [3.05, 3.63) is 46.5 Å². The number of rotatable bonds is 6. The van der Waals surface area contributed by atoms with Crippen molar-refractivity contribution in [1.82, 2.24) is 5.43 Å². The summed E-state index contributed by atoms with van der Waals surface area (Å²) in [6, 6.07) is 8.42. The first-order chi connectivity index (χ1) is 14.0. The van der Waals surface area contributed by atoms with Crippen LogP contribution in [-0.4, -0.2) is 38.5 Å². The third-order valence-electron chi connectivity index (χ3n) is 3.99. The van der Waals surface area contributed by atoms with Crippen molar-refractivity contribution in [3.8, 4) is 23.0 Å². The number of carbonyl (C=O) groups is 1. The molecule has 2 aromatic rings. The highest BCUT2D eigenvalue weighted by Gasteiger charge is 2.15. The number of methoxy groups -OCH3 is 1. The second-order valence-corrected chi connectivity index (χ2v) is 7.02. The van der Waals surface area contributed by atoms with Crippen molar-refractivity contribution in [2.75, 3.05) is 20.3 Å². The van der Waals surface area contributed by atoms with Crippen LogP contribution in [0, 0.1) is 0 Å². The van der Waals surface area contributed by atoms with Crippen molar-refractivity contribution in [2.45, 2.75) is 26.4 Å². The SMILES string of the molecule is COc1cc(C(=O)N/N=C\c2cc(Cl)c3c(c2)OCCCO3)ccc1OC(C)C. The van der Waals surface area contributed by atoms with E-state index in [0.29, 0.717) is 52.4 Å². The molecule has 7 nitrogen and oxygen atoms in total. The quantitative estimate of drug-likeness (QED) is 0.565. The molecule has 8 heteroatoms. The molecule has 0 aromatic heterocycles. The number of hydrogen-bond donors (Lipinski definition) is 1. The van der Waals surface area contributed by atoms with Gasteiger partial charge in [0.05, 0.1) is 37.7 Å². The zero-order valence-corrected chi connectivity index (χ0v) is 17.3. The van der Waals surface area contributed by atoms with E-state index >= 15 is 0 Å². The highest BCUT2D eigenvalue weighted by Crippen LogP contribution is 2.37. The summed E-state index contributed by atoms with van der Waals surface area (Å²) in [6.45, 7) is 4.95. The molecule has 1 N–H and O–H groups in total. The maximum absolute atomic E-state index is 12.4. The zero-order chi connectivity index (χ0) is 20.8. The molecular weight excluding hydrogens is 396 g/mol. The van der Waals surface area contributed by atoms with E-state index in [4.69, 9.17) is 30.5 Å². The Morgan fingerprint density at radius 2 is 2.00 bits per heavy atom. The van der Waals surface area contributed by atoms with Crippen molar-refractivity contribution in [2.24, 2.45) is 5.10 Å². The maximum Gasteiger partial charge on any atom is 0.271 e. The van der Waals surface area contributed by atoms with E-state index in [-0.39, 0.29) is 12.0 Å². The average molecular weight is 419 g/mol. The summed E-state index contributed by atoms with van der Waals surface area (Å²) in [5, 5.41) is 4.44. The van der Waals surface area contributed by atoms with Gasteiger partial charge < -0.3 is 18.9 Å². The number of hydrazone groups is 1. The second-order valence-electron chi connectivity index (χ2n) is 6.61. The third-order valence-corrected chi connectivity index (χ3v) is 4.27. The maximum atomic E-state index is 12.4. The van der Waals surface area contributed by atoms with Gasteiger partial charge in [0.15, 0.2) is 23.0 Å². The summed E-state index contributed by atoms with van der Waals surface area (Å²) >= 11 is 6.26. The number of halogens is 1. The Hall–Kier alpha value is -2.93. The fourth-order valence-corrected chi connectivity index (χ4v) is 2.99. The molecule has 154 valence electrons. The molecule has 0 fully saturated rings. The van der Waals surface area contributed by atoms with Gasteiger partial charge in [0.1, 0.15) is 0 Å². The Bertz CT molecular complexity index is 914. The van der Waals surface area contributed by atoms with Crippen molar-refractivity contribution in [3.63, 3.8) is 0 Å². The Morgan fingerprint density at radius 3 is 2.76 bits per heavy atom. The normalized spacial score (nSPS) is 13.3. The van der Waals surface area contributed by atoms with Gasteiger partial charge in [-0.3, -0.25) is 4.79 Å². The van der Waals surface area contributed by atoms with Gasteiger partial charge in [0.25, 0.3) is 5.91 Å². The van der Waals surface area contributed by atoms with Crippen LogP contribution < -0.4 is 24.4 Å². The summed E-state index contributed by atoms with van der Waals surface area (Å²) in [5.41, 5.74) is 3.56. The van der Waals surface area contributed by atoms with Crippen LogP contribution in [0.2, 0.25) is 5.02 Å². The van der Waals surface area contributed by atoms with E-state index in [0.717, 1.165) is 6.42 Å². The Morgan fingerprint density at radius 1 is 1.21 bits per heavy atom. The Labute approximate surface area is 174 Å². The molecule has 1 amide bonds. The second kappa shape index (κ2) is 9.52. The minimum atomic E-state index is -0.379. The number of benzene rings is 2. The lowest BCUT2D eigenvalue weighted by atomic mass is 10.2. The van der Waals surface area contributed by atoms with Gasteiger partial charge in [0.2, 0.25) is 0 Å². The van der Waals surface area contributed by atoms with Gasteiger partial charge in [-0.2, -0.15) is 5.10 Å². The molecule has 3 rings (SSSR count). The van der Waals surface area contributed by atoms with E-state index in [1.54, 1.807) is 30.3 Å². The van der Waals surface area contributed by atoms with E-state index in [1.807, 2.05) is 13.8 Å². The van der Waals surface area contributed by atoms with Crippen LogP contribution in [0.25, 0.3) is 0 Å². The standard InChI is InChI=1S/C21H23ClN2O5/c1-13(2)29-17-6-5-15(11-18(17)26-3)21(25)24-23-12-14-9-16(22)20-19(10-14)27-7-4-8-28-20/h5-6,9-13H,4,7-8H2,1-3H3,(H,24,25)/b23-12-. The van der Waals surface area contributed by atoms with Gasteiger partial charge in [-0.15, -0.1) is 0 Å². The van der Waals surface area contributed by atoms with Crippen molar-refractivity contribution >= 4 is 23.7 Å². The first-order valence-corrected chi connectivity index (χ1v) is 9.63.